The van der Waals surface area contributed by atoms with Crippen molar-refractivity contribution in [3.8, 4) is 11.6 Å². The van der Waals surface area contributed by atoms with Crippen molar-refractivity contribution in [2.24, 2.45) is 5.92 Å². The highest BCUT2D eigenvalue weighted by atomic mass is 32.2. The number of carbonyl (C=O) groups excluding carboxylic acids is 2. The molecule has 1 saturated heterocycles. The minimum atomic E-state index is -3.72. The fraction of sp³-hybridized carbons (Fsp3) is 0.458. The minimum absolute atomic E-state index is 0.308. The van der Waals surface area contributed by atoms with E-state index in [4.69, 9.17) is 9.47 Å². The predicted octanol–water partition coefficient (Wildman–Crippen LogP) is 1.02. The first-order chi connectivity index (χ1) is 16.8. The van der Waals surface area contributed by atoms with Gasteiger partial charge in [0.1, 0.15) is 17.4 Å². The van der Waals surface area contributed by atoms with Crippen LogP contribution >= 0.6 is 0 Å². The third kappa shape index (κ3) is 4.45. The quantitative estimate of drug-likeness (QED) is 0.435. The molecule has 10 nitrogen and oxygen atoms in total. The van der Waals surface area contributed by atoms with Crippen LogP contribution in [0, 0.1) is 5.92 Å². The first-order valence-electron chi connectivity index (χ1n) is 11.6. The van der Waals surface area contributed by atoms with Gasteiger partial charge in [0.2, 0.25) is 21.8 Å². The van der Waals surface area contributed by atoms with Crippen molar-refractivity contribution in [2.75, 3.05) is 13.7 Å². The van der Waals surface area contributed by atoms with Crippen molar-refractivity contribution < 1.29 is 27.5 Å². The Kier molecular flexibility index (Phi) is 5.92. The van der Waals surface area contributed by atoms with Crippen LogP contribution in [-0.4, -0.2) is 61.8 Å². The van der Waals surface area contributed by atoms with Crippen LogP contribution in [0.5, 0.6) is 11.6 Å². The van der Waals surface area contributed by atoms with Crippen LogP contribution in [0.2, 0.25) is 0 Å². The second-order valence-electron chi connectivity index (χ2n) is 9.30. The number of pyridine rings is 1. The number of sulfonamides is 1. The number of nitrogens with zero attached hydrogens (tertiary/aromatic N) is 1. The molecule has 0 radical (unpaired) electrons. The van der Waals surface area contributed by atoms with Crippen LogP contribution < -0.4 is 24.8 Å². The lowest BCUT2D eigenvalue weighted by atomic mass is 10.1. The van der Waals surface area contributed by atoms with E-state index in [0.29, 0.717) is 43.9 Å². The normalized spacial score (nSPS) is 27.7. The van der Waals surface area contributed by atoms with Crippen LogP contribution in [0.15, 0.2) is 43.1 Å². The maximum absolute atomic E-state index is 13.0. The van der Waals surface area contributed by atoms with E-state index in [1.54, 1.807) is 19.4 Å². The molecule has 1 aromatic heterocycles. The lowest BCUT2D eigenvalue weighted by Gasteiger charge is -2.21. The zero-order valence-corrected chi connectivity index (χ0v) is 20.1. The summed E-state index contributed by atoms with van der Waals surface area (Å²) in [6.07, 6.45) is 4.61. The minimum Gasteiger partial charge on any atom is -0.494 e. The average molecular weight is 501 g/mol. The van der Waals surface area contributed by atoms with Crippen LogP contribution in [0.4, 0.5) is 0 Å². The fourth-order valence-corrected chi connectivity index (χ4v) is 5.93. The van der Waals surface area contributed by atoms with Crippen molar-refractivity contribution in [2.45, 2.75) is 48.6 Å². The molecule has 2 aromatic rings. The number of rotatable bonds is 9. The van der Waals surface area contributed by atoms with Crippen molar-refractivity contribution in [3.05, 3.63) is 43.1 Å². The molecule has 4 atom stereocenters. The first kappa shape index (κ1) is 23.6. The summed E-state index contributed by atoms with van der Waals surface area (Å²) >= 11 is 0. The van der Waals surface area contributed by atoms with E-state index in [1.165, 1.54) is 0 Å². The summed E-state index contributed by atoms with van der Waals surface area (Å²) in [5.74, 6) is -0.328. The van der Waals surface area contributed by atoms with Crippen LogP contribution in [-0.2, 0) is 19.6 Å². The number of hydrogen-bond acceptors (Lipinski definition) is 8. The molecule has 0 bridgehead atoms. The highest BCUT2D eigenvalue weighted by molar-refractivity contribution is 7.91. The number of nitrogens with one attached hydrogen (secondary N) is 3. The molecule has 2 unspecified atom stereocenters. The summed E-state index contributed by atoms with van der Waals surface area (Å²) in [6, 6.07) is 7.01. The van der Waals surface area contributed by atoms with Gasteiger partial charge in [0.25, 0.3) is 5.91 Å². The molecule has 2 aliphatic carbocycles. The van der Waals surface area contributed by atoms with Crippen molar-refractivity contribution in [1.29, 1.82) is 0 Å². The second-order valence-corrected chi connectivity index (χ2v) is 11.3. The monoisotopic (exact) mass is 500 g/mol. The van der Waals surface area contributed by atoms with Crippen molar-refractivity contribution in [1.82, 2.24) is 20.3 Å². The summed E-state index contributed by atoms with van der Waals surface area (Å²) in [6.45, 7) is 4.13. The molecule has 0 spiro atoms. The molecule has 2 saturated carbocycles. The second kappa shape index (κ2) is 8.80. The number of ether oxygens (including phenoxy) is 2. The molecule has 3 fully saturated rings. The average Bonchev–Trinajstić information content (AvgIpc) is 3.76. The molecule has 2 amide bonds. The van der Waals surface area contributed by atoms with Gasteiger partial charge in [0.15, 0.2) is 0 Å². The Balaban J connectivity index is 1.24. The number of fused-ring (bicyclic) bond motifs is 1. The topological polar surface area (TPSA) is 136 Å². The molecule has 3 aliphatic rings. The van der Waals surface area contributed by atoms with Crippen molar-refractivity contribution in [3.63, 3.8) is 0 Å². The largest absolute Gasteiger partial charge is 0.494 e. The van der Waals surface area contributed by atoms with E-state index in [1.807, 2.05) is 24.3 Å². The van der Waals surface area contributed by atoms with Gasteiger partial charge in [-0.1, -0.05) is 24.3 Å². The number of benzene rings is 1. The summed E-state index contributed by atoms with van der Waals surface area (Å²) in [4.78, 5) is 30.3. The van der Waals surface area contributed by atoms with Gasteiger partial charge >= 0.3 is 0 Å². The van der Waals surface area contributed by atoms with Gasteiger partial charge in [-0.15, -0.1) is 6.58 Å². The molecule has 5 rings (SSSR count). The third-order valence-corrected chi connectivity index (χ3v) is 8.70. The number of aromatic nitrogens is 1. The van der Waals surface area contributed by atoms with Gasteiger partial charge in [0, 0.05) is 29.7 Å². The number of amides is 2. The predicted molar refractivity (Wildman–Crippen MR) is 128 cm³/mol. The fourth-order valence-electron chi connectivity index (χ4n) is 4.57. The van der Waals surface area contributed by atoms with Gasteiger partial charge in [-0.25, -0.2) is 13.4 Å². The molecular weight excluding hydrogens is 472 g/mol. The Morgan fingerprint density at radius 2 is 2.00 bits per heavy atom. The van der Waals surface area contributed by atoms with Crippen LogP contribution in [0.3, 0.4) is 0 Å². The lowest BCUT2D eigenvalue weighted by molar-refractivity contribution is -0.130. The van der Waals surface area contributed by atoms with Gasteiger partial charge in [-0.2, -0.15) is 0 Å². The zero-order chi connectivity index (χ0) is 24.8. The Bertz CT molecular complexity index is 1290. The van der Waals surface area contributed by atoms with E-state index in [9.17, 15) is 18.0 Å². The lowest BCUT2D eigenvalue weighted by Crippen LogP contribution is -2.55. The van der Waals surface area contributed by atoms with E-state index in [-0.39, 0.29) is 17.9 Å². The number of hydrogen-bond donors (Lipinski definition) is 3. The number of carbonyl (C=O) groups is 2. The standard InChI is InChI=1S/C24H28N4O6S/c1-3-14-11-24(14,23(30)28-35(31,32)16-8-9-16)27-21(29)19-10-15(12-25-19)34-22-18-7-5-4-6-17(18)20(33-2)13-26-22/h3-7,13-16,19,25H,1,8-12H2,2H3,(H,27,29)(H,28,30)/t14-,15?,19?,24-/m1/s1. The Morgan fingerprint density at radius 3 is 2.66 bits per heavy atom. The summed E-state index contributed by atoms with van der Waals surface area (Å²) in [5, 5.41) is 7.06. The zero-order valence-electron chi connectivity index (χ0n) is 19.3. The number of methoxy groups -OCH3 is 1. The third-order valence-electron chi connectivity index (χ3n) is 6.88. The summed E-state index contributed by atoms with van der Waals surface area (Å²) < 4.78 is 38.2. The molecular formula is C24H28N4O6S. The summed E-state index contributed by atoms with van der Waals surface area (Å²) in [5.41, 5.74) is -1.30. The highest BCUT2D eigenvalue weighted by Crippen LogP contribution is 2.45. The van der Waals surface area contributed by atoms with Gasteiger partial charge in [-0.05, 0) is 25.3 Å². The molecule has 2 heterocycles. The van der Waals surface area contributed by atoms with Crippen molar-refractivity contribution >= 4 is 32.6 Å². The smallest absolute Gasteiger partial charge is 0.259 e. The van der Waals surface area contributed by atoms with Gasteiger partial charge in [-0.3, -0.25) is 14.3 Å². The highest BCUT2D eigenvalue weighted by Gasteiger charge is 2.61. The molecule has 186 valence electrons. The summed E-state index contributed by atoms with van der Waals surface area (Å²) in [7, 11) is -2.14. The molecule has 11 heteroatoms. The van der Waals surface area contributed by atoms with Gasteiger partial charge in [0.05, 0.1) is 24.6 Å². The Morgan fingerprint density at radius 1 is 1.26 bits per heavy atom. The Labute approximate surface area is 203 Å². The van der Waals surface area contributed by atoms with E-state index in [2.05, 4.69) is 26.9 Å². The van der Waals surface area contributed by atoms with Crippen LogP contribution in [0.25, 0.3) is 10.8 Å². The maximum Gasteiger partial charge on any atom is 0.259 e. The van der Waals surface area contributed by atoms with Gasteiger partial charge < -0.3 is 20.1 Å². The van der Waals surface area contributed by atoms with E-state index < -0.39 is 32.8 Å². The first-order valence-corrected chi connectivity index (χ1v) is 13.1. The van der Waals surface area contributed by atoms with E-state index in [0.717, 1.165) is 10.8 Å². The molecule has 1 aromatic carbocycles. The molecule has 3 N–H and O–H groups in total. The van der Waals surface area contributed by atoms with E-state index >= 15 is 0 Å². The molecule has 35 heavy (non-hydrogen) atoms. The Hall–Kier alpha value is -3.18. The maximum atomic E-state index is 13.0. The SMILES string of the molecule is C=C[C@@H]1C[C@]1(NC(=O)C1CC(Oc2ncc(OC)c3ccccc23)CN1)C(=O)NS(=O)(=O)C1CC1. The molecule has 1 aliphatic heterocycles. The van der Waals surface area contributed by atoms with Crippen LogP contribution in [0.1, 0.15) is 25.7 Å².